The molecule has 0 aliphatic rings. The number of hydrogen-bond acceptors (Lipinski definition) is 3. The number of hydroxylamine groups is 2. The van der Waals surface area contributed by atoms with E-state index in [0.29, 0.717) is 6.42 Å². The molecule has 0 radical (unpaired) electrons. The Balaban J connectivity index is 2.43. The molecule has 0 aromatic heterocycles. The fourth-order valence-corrected chi connectivity index (χ4v) is 1.29. The van der Waals surface area contributed by atoms with Gasteiger partial charge in [0.25, 0.3) is 0 Å². The molecule has 0 saturated heterocycles. The fourth-order valence-electron chi connectivity index (χ4n) is 1.29. The Morgan fingerprint density at radius 3 is 2.33 bits per heavy atom. The molecular formula is C12H17NO2. The van der Waals surface area contributed by atoms with Gasteiger partial charge in [0.1, 0.15) is 0 Å². The Morgan fingerprint density at radius 1 is 1.20 bits per heavy atom. The van der Waals surface area contributed by atoms with Crippen molar-refractivity contribution in [1.29, 1.82) is 0 Å². The average molecular weight is 207 g/mol. The van der Waals surface area contributed by atoms with Gasteiger partial charge in [-0.3, -0.25) is 0 Å². The van der Waals surface area contributed by atoms with Gasteiger partial charge in [0.05, 0.1) is 6.42 Å². The Kier molecular flexibility index (Phi) is 4.84. The van der Waals surface area contributed by atoms with Gasteiger partial charge in [-0.05, 0) is 19.4 Å². The van der Waals surface area contributed by atoms with E-state index in [4.69, 9.17) is 4.84 Å². The first-order chi connectivity index (χ1) is 7.26. The van der Waals surface area contributed by atoms with Crippen LogP contribution in [0.5, 0.6) is 0 Å². The molecular weight excluding hydrogens is 190 g/mol. The van der Waals surface area contributed by atoms with Crippen molar-refractivity contribution in [2.45, 2.75) is 20.3 Å². The van der Waals surface area contributed by atoms with E-state index in [-0.39, 0.29) is 5.97 Å². The second-order valence-corrected chi connectivity index (χ2v) is 3.24. The number of hydrogen-bond donors (Lipinski definition) is 0. The SMILES string of the molecule is CCN(CC)OC(=O)Cc1ccccc1. The number of benzene rings is 1. The van der Waals surface area contributed by atoms with E-state index in [2.05, 4.69) is 0 Å². The lowest BCUT2D eigenvalue weighted by Gasteiger charge is -2.16. The molecule has 0 N–H and O–H groups in total. The van der Waals surface area contributed by atoms with Gasteiger partial charge in [-0.1, -0.05) is 30.3 Å². The number of carbonyl (C=O) groups is 1. The minimum Gasteiger partial charge on any atom is -0.368 e. The van der Waals surface area contributed by atoms with E-state index in [1.807, 2.05) is 44.2 Å². The molecule has 0 saturated carbocycles. The van der Waals surface area contributed by atoms with Gasteiger partial charge in [0.15, 0.2) is 0 Å². The highest BCUT2D eigenvalue weighted by Gasteiger charge is 2.08. The molecule has 0 atom stereocenters. The largest absolute Gasteiger partial charge is 0.368 e. The Morgan fingerprint density at radius 2 is 1.80 bits per heavy atom. The molecule has 0 aliphatic heterocycles. The van der Waals surface area contributed by atoms with E-state index in [1.54, 1.807) is 5.06 Å². The predicted molar refractivity (Wildman–Crippen MR) is 59.2 cm³/mol. The molecule has 1 rings (SSSR count). The van der Waals surface area contributed by atoms with Gasteiger partial charge in [-0.15, -0.1) is 5.06 Å². The maximum absolute atomic E-state index is 11.5. The van der Waals surface area contributed by atoms with Crippen LogP contribution >= 0.6 is 0 Å². The Hall–Kier alpha value is -1.35. The Bertz CT molecular complexity index is 294. The van der Waals surface area contributed by atoms with E-state index >= 15 is 0 Å². The maximum Gasteiger partial charge on any atom is 0.329 e. The monoisotopic (exact) mass is 207 g/mol. The van der Waals surface area contributed by atoms with E-state index in [9.17, 15) is 4.79 Å². The molecule has 15 heavy (non-hydrogen) atoms. The van der Waals surface area contributed by atoms with Crippen molar-refractivity contribution in [2.75, 3.05) is 13.1 Å². The van der Waals surface area contributed by atoms with Crippen molar-refractivity contribution in [1.82, 2.24) is 5.06 Å². The second-order valence-electron chi connectivity index (χ2n) is 3.24. The summed E-state index contributed by atoms with van der Waals surface area (Å²) in [5, 5.41) is 1.64. The minimum atomic E-state index is -0.204. The molecule has 0 fully saturated rings. The third-order valence-corrected chi connectivity index (χ3v) is 2.13. The van der Waals surface area contributed by atoms with E-state index < -0.39 is 0 Å². The quantitative estimate of drug-likeness (QED) is 0.692. The number of carbonyl (C=O) groups excluding carboxylic acids is 1. The summed E-state index contributed by atoms with van der Waals surface area (Å²) in [5.74, 6) is -0.204. The first-order valence-electron chi connectivity index (χ1n) is 5.26. The highest BCUT2D eigenvalue weighted by atomic mass is 16.7. The van der Waals surface area contributed by atoms with Gasteiger partial charge in [-0.2, -0.15) is 0 Å². The predicted octanol–water partition coefficient (Wildman–Crippen LogP) is 2.03. The number of rotatable bonds is 5. The molecule has 3 heteroatoms. The summed E-state index contributed by atoms with van der Waals surface area (Å²) in [6.07, 6.45) is 0.331. The molecule has 0 aliphatic carbocycles. The normalized spacial score (nSPS) is 10.3. The van der Waals surface area contributed by atoms with Crippen LogP contribution < -0.4 is 0 Å². The zero-order valence-electron chi connectivity index (χ0n) is 9.27. The van der Waals surface area contributed by atoms with Gasteiger partial charge in [0, 0.05) is 13.1 Å². The van der Waals surface area contributed by atoms with Crippen LogP contribution in [0.1, 0.15) is 19.4 Å². The van der Waals surface area contributed by atoms with Crippen LogP contribution in [0.25, 0.3) is 0 Å². The van der Waals surface area contributed by atoms with E-state index in [1.165, 1.54) is 0 Å². The summed E-state index contributed by atoms with van der Waals surface area (Å²) in [7, 11) is 0. The fraction of sp³-hybridized carbons (Fsp3) is 0.417. The third-order valence-electron chi connectivity index (χ3n) is 2.13. The van der Waals surface area contributed by atoms with Crippen LogP contribution in [-0.2, 0) is 16.1 Å². The van der Waals surface area contributed by atoms with Crippen molar-refractivity contribution >= 4 is 5.97 Å². The maximum atomic E-state index is 11.5. The molecule has 3 nitrogen and oxygen atoms in total. The zero-order chi connectivity index (χ0) is 11.1. The standard InChI is InChI=1S/C12H17NO2/c1-3-13(4-2)15-12(14)10-11-8-6-5-7-9-11/h5-9H,3-4,10H2,1-2H3. The Labute approximate surface area is 90.6 Å². The van der Waals surface area contributed by atoms with Crippen LogP contribution in [0, 0.1) is 0 Å². The average Bonchev–Trinajstić information content (AvgIpc) is 2.27. The van der Waals surface area contributed by atoms with Gasteiger partial charge in [0.2, 0.25) is 0 Å². The summed E-state index contributed by atoms with van der Waals surface area (Å²) in [6.45, 7) is 5.35. The molecule has 1 aromatic rings. The summed E-state index contributed by atoms with van der Waals surface area (Å²) in [5.41, 5.74) is 0.981. The van der Waals surface area contributed by atoms with Crippen molar-refractivity contribution in [3.63, 3.8) is 0 Å². The first kappa shape index (κ1) is 11.7. The van der Waals surface area contributed by atoms with Crippen molar-refractivity contribution in [3.05, 3.63) is 35.9 Å². The molecule has 0 spiro atoms. The van der Waals surface area contributed by atoms with Gasteiger partial charge in [-0.25, -0.2) is 4.79 Å². The molecule has 0 amide bonds. The topological polar surface area (TPSA) is 29.5 Å². The highest BCUT2D eigenvalue weighted by molar-refractivity contribution is 5.72. The van der Waals surface area contributed by atoms with Crippen LogP contribution in [0.3, 0.4) is 0 Å². The minimum absolute atomic E-state index is 0.204. The highest BCUT2D eigenvalue weighted by Crippen LogP contribution is 2.02. The van der Waals surface area contributed by atoms with Crippen LogP contribution in [0.15, 0.2) is 30.3 Å². The van der Waals surface area contributed by atoms with Crippen molar-refractivity contribution < 1.29 is 9.63 Å². The molecule has 0 bridgehead atoms. The summed E-state index contributed by atoms with van der Waals surface area (Å²) in [4.78, 5) is 16.6. The van der Waals surface area contributed by atoms with E-state index in [0.717, 1.165) is 18.7 Å². The molecule has 1 aromatic carbocycles. The van der Waals surface area contributed by atoms with Gasteiger partial charge >= 0.3 is 5.97 Å². The first-order valence-corrected chi connectivity index (χ1v) is 5.26. The molecule has 0 unspecified atom stereocenters. The van der Waals surface area contributed by atoms with Crippen LogP contribution in [0.4, 0.5) is 0 Å². The van der Waals surface area contributed by atoms with Crippen molar-refractivity contribution in [2.24, 2.45) is 0 Å². The zero-order valence-corrected chi connectivity index (χ0v) is 9.27. The second kappa shape index (κ2) is 6.19. The van der Waals surface area contributed by atoms with Gasteiger partial charge < -0.3 is 4.84 Å². The van der Waals surface area contributed by atoms with Crippen LogP contribution in [0.2, 0.25) is 0 Å². The third kappa shape index (κ3) is 4.13. The smallest absolute Gasteiger partial charge is 0.329 e. The lowest BCUT2D eigenvalue weighted by atomic mass is 10.2. The summed E-state index contributed by atoms with van der Waals surface area (Å²) >= 11 is 0. The van der Waals surface area contributed by atoms with Crippen molar-refractivity contribution in [3.8, 4) is 0 Å². The molecule has 82 valence electrons. The summed E-state index contributed by atoms with van der Waals surface area (Å²) in [6, 6.07) is 9.60. The summed E-state index contributed by atoms with van der Waals surface area (Å²) < 4.78 is 0. The lowest BCUT2D eigenvalue weighted by molar-refractivity contribution is -0.187. The van der Waals surface area contributed by atoms with Crippen LogP contribution in [-0.4, -0.2) is 24.1 Å². The number of nitrogens with zero attached hydrogens (tertiary/aromatic N) is 1. The molecule has 0 heterocycles. The lowest BCUT2D eigenvalue weighted by Crippen LogP contribution is -2.27.